The minimum absolute atomic E-state index is 0.186. The van der Waals surface area contributed by atoms with Gasteiger partial charge >= 0.3 is 0 Å². The van der Waals surface area contributed by atoms with E-state index in [4.69, 9.17) is 0 Å². The monoisotopic (exact) mass is 179 g/mol. The number of carbonyl (C=O) groups excluding carboxylic acids is 1. The number of carbonyl (C=O) groups is 1. The predicted molar refractivity (Wildman–Crippen MR) is 49.3 cm³/mol. The molecule has 2 rings (SSSR count). The minimum Gasteiger partial charge on any atom is -0.295 e. The maximum absolute atomic E-state index is 11.5. The van der Waals surface area contributed by atoms with Gasteiger partial charge in [0.1, 0.15) is 0 Å². The average molecular weight is 179 g/mol. The topological polar surface area (TPSA) is 38.1 Å². The van der Waals surface area contributed by atoms with E-state index in [9.17, 15) is 4.79 Å². The normalized spacial score (nSPS) is 22.8. The Morgan fingerprint density at radius 3 is 2.85 bits per heavy atom. The summed E-state index contributed by atoms with van der Waals surface area (Å²) in [7, 11) is 1.85. The van der Waals surface area contributed by atoms with Crippen molar-refractivity contribution in [3.05, 3.63) is 12.3 Å². The molecule has 2 heterocycles. The molecule has 1 saturated heterocycles. The number of aromatic nitrogens is 2. The first-order valence-electron chi connectivity index (χ1n) is 4.47. The first-order chi connectivity index (χ1) is 6.16. The van der Waals surface area contributed by atoms with E-state index in [1.165, 1.54) is 0 Å². The van der Waals surface area contributed by atoms with E-state index >= 15 is 0 Å². The zero-order chi connectivity index (χ0) is 9.42. The molecule has 1 aromatic heterocycles. The molecule has 1 aromatic rings. The molecule has 0 bridgehead atoms. The van der Waals surface area contributed by atoms with Gasteiger partial charge in [-0.15, -0.1) is 0 Å². The molecule has 0 aliphatic carbocycles. The third kappa shape index (κ3) is 1.43. The second-order valence-corrected chi connectivity index (χ2v) is 3.66. The number of nitrogens with zero attached hydrogens (tertiary/aromatic N) is 3. The Balaban J connectivity index is 2.22. The van der Waals surface area contributed by atoms with E-state index < -0.39 is 0 Å². The second kappa shape index (κ2) is 2.87. The van der Waals surface area contributed by atoms with Crippen LogP contribution in [0.5, 0.6) is 0 Å². The van der Waals surface area contributed by atoms with E-state index in [1.54, 1.807) is 9.58 Å². The van der Waals surface area contributed by atoms with E-state index in [-0.39, 0.29) is 5.91 Å². The van der Waals surface area contributed by atoms with Crippen molar-refractivity contribution in [2.24, 2.45) is 13.0 Å². The van der Waals surface area contributed by atoms with E-state index in [0.717, 1.165) is 12.4 Å². The van der Waals surface area contributed by atoms with Gasteiger partial charge in [-0.3, -0.25) is 14.4 Å². The SMILES string of the molecule is CC1CC(=O)N(c2ccn(C)n2)C1. The molecule has 13 heavy (non-hydrogen) atoms. The molecule has 1 amide bonds. The smallest absolute Gasteiger partial charge is 0.228 e. The molecule has 4 nitrogen and oxygen atoms in total. The van der Waals surface area contributed by atoms with Crippen molar-refractivity contribution in [1.29, 1.82) is 0 Å². The van der Waals surface area contributed by atoms with Gasteiger partial charge in [-0.25, -0.2) is 0 Å². The fourth-order valence-corrected chi connectivity index (χ4v) is 1.65. The summed E-state index contributed by atoms with van der Waals surface area (Å²) in [6, 6.07) is 1.87. The summed E-state index contributed by atoms with van der Waals surface area (Å²) in [5.41, 5.74) is 0. The van der Waals surface area contributed by atoms with Crippen LogP contribution in [0.4, 0.5) is 5.82 Å². The van der Waals surface area contributed by atoms with E-state index in [0.29, 0.717) is 12.3 Å². The standard InChI is InChI=1S/C9H13N3O/c1-7-5-9(13)12(6-7)8-3-4-11(2)10-8/h3-4,7H,5-6H2,1-2H3. The summed E-state index contributed by atoms with van der Waals surface area (Å²) >= 11 is 0. The lowest BCUT2D eigenvalue weighted by molar-refractivity contribution is -0.117. The molecule has 70 valence electrons. The minimum atomic E-state index is 0.186. The number of amides is 1. The summed E-state index contributed by atoms with van der Waals surface area (Å²) in [4.78, 5) is 13.2. The van der Waals surface area contributed by atoms with Crippen molar-refractivity contribution < 1.29 is 4.79 Å². The number of rotatable bonds is 1. The molecule has 0 saturated carbocycles. The highest BCUT2D eigenvalue weighted by Crippen LogP contribution is 2.22. The van der Waals surface area contributed by atoms with Crippen LogP contribution in [-0.4, -0.2) is 22.2 Å². The third-order valence-corrected chi connectivity index (χ3v) is 2.29. The molecular weight excluding hydrogens is 166 g/mol. The van der Waals surface area contributed by atoms with Crippen molar-refractivity contribution in [2.45, 2.75) is 13.3 Å². The number of aryl methyl sites for hydroxylation is 1. The van der Waals surface area contributed by atoms with Gasteiger partial charge in [-0.1, -0.05) is 6.92 Å². The highest BCUT2D eigenvalue weighted by atomic mass is 16.2. The molecule has 1 aliphatic heterocycles. The molecule has 4 heteroatoms. The highest BCUT2D eigenvalue weighted by Gasteiger charge is 2.28. The quantitative estimate of drug-likeness (QED) is 0.639. The lowest BCUT2D eigenvalue weighted by Gasteiger charge is -2.11. The third-order valence-electron chi connectivity index (χ3n) is 2.29. The zero-order valence-electron chi connectivity index (χ0n) is 7.90. The Morgan fingerprint density at radius 1 is 1.62 bits per heavy atom. The maximum Gasteiger partial charge on any atom is 0.228 e. The van der Waals surface area contributed by atoms with Crippen LogP contribution in [0, 0.1) is 5.92 Å². The summed E-state index contributed by atoms with van der Waals surface area (Å²) in [6.07, 6.45) is 2.50. The van der Waals surface area contributed by atoms with Crippen LogP contribution in [0.2, 0.25) is 0 Å². The van der Waals surface area contributed by atoms with Crippen molar-refractivity contribution in [3.8, 4) is 0 Å². The van der Waals surface area contributed by atoms with E-state index in [2.05, 4.69) is 12.0 Å². The average Bonchev–Trinajstić information content (AvgIpc) is 2.58. The largest absolute Gasteiger partial charge is 0.295 e. The maximum atomic E-state index is 11.5. The highest BCUT2D eigenvalue weighted by molar-refractivity contribution is 5.94. The van der Waals surface area contributed by atoms with Gasteiger partial charge in [-0.2, -0.15) is 5.10 Å². The van der Waals surface area contributed by atoms with Crippen LogP contribution in [0.1, 0.15) is 13.3 Å². The fraction of sp³-hybridized carbons (Fsp3) is 0.556. The zero-order valence-corrected chi connectivity index (χ0v) is 7.90. The Bertz CT molecular complexity index is 331. The van der Waals surface area contributed by atoms with Crippen molar-refractivity contribution in [1.82, 2.24) is 9.78 Å². The van der Waals surface area contributed by atoms with E-state index in [1.807, 2.05) is 19.3 Å². The van der Waals surface area contributed by atoms with Gasteiger partial charge in [0.15, 0.2) is 5.82 Å². The summed E-state index contributed by atoms with van der Waals surface area (Å²) < 4.78 is 1.71. The van der Waals surface area contributed by atoms with Crippen LogP contribution >= 0.6 is 0 Å². The Labute approximate surface area is 77.1 Å². The molecule has 1 fully saturated rings. The lowest BCUT2D eigenvalue weighted by Crippen LogP contribution is -2.24. The molecule has 1 unspecified atom stereocenters. The van der Waals surface area contributed by atoms with Gasteiger partial charge in [0.25, 0.3) is 0 Å². The molecule has 0 spiro atoms. The summed E-state index contributed by atoms with van der Waals surface area (Å²) in [6.45, 7) is 2.89. The first-order valence-corrected chi connectivity index (χ1v) is 4.47. The molecule has 0 radical (unpaired) electrons. The number of hydrogen-bond acceptors (Lipinski definition) is 2. The Hall–Kier alpha value is -1.32. The molecule has 1 aliphatic rings. The van der Waals surface area contributed by atoms with Gasteiger partial charge < -0.3 is 0 Å². The van der Waals surface area contributed by atoms with Crippen LogP contribution in [-0.2, 0) is 11.8 Å². The summed E-state index contributed by atoms with van der Waals surface area (Å²) in [5, 5.41) is 4.20. The van der Waals surface area contributed by atoms with Gasteiger partial charge in [0.05, 0.1) is 0 Å². The van der Waals surface area contributed by atoms with Crippen LogP contribution in [0.15, 0.2) is 12.3 Å². The van der Waals surface area contributed by atoms with Gasteiger partial charge in [0, 0.05) is 32.3 Å². The second-order valence-electron chi connectivity index (χ2n) is 3.66. The van der Waals surface area contributed by atoms with Crippen LogP contribution < -0.4 is 4.90 Å². The van der Waals surface area contributed by atoms with Gasteiger partial charge in [-0.05, 0) is 5.92 Å². The molecule has 1 atom stereocenters. The fourth-order valence-electron chi connectivity index (χ4n) is 1.65. The number of anilines is 1. The van der Waals surface area contributed by atoms with Gasteiger partial charge in [0.2, 0.25) is 5.91 Å². The van der Waals surface area contributed by atoms with Crippen LogP contribution in [0.3, 0.4) is 0 Å². The Kier molecular flexibility index (Phi) is 1.83. The first kappa shape index (κ1) is 8.29. The van der Waals surface area contributed by atoms with Crippen molar-refractivity contribution >= 4 is 11.7 Å². The predicted octanol–water partition coefficient (Wildman–Crippen LogP) is 0.793. The van der Waals surface area contributed by atoms with Crippen molar-refractivity contribution in [3.63, 3.8) is 0 Å². The van der Waals surface area contributed by atoms with Crippen molar-refractivity contribution in [2.75, 3.05) is 11.4 Å². The summed E-state index contributed by atoms with van der Waals surface area (Å²) in [5.74, 6) is 1.41. The molecular formula is C9H13N3O. The lowest BCUT2D eigenvalue weighted by atomic mass is 10.2. The van der Waals surface area contributed by atoms with Crippen LogP contribution in [0.25, 0.3) is 0 Å². The number of hydrogen-bond donors (Lipinski definition) is 0. The molecule has 0 N–H and O–H groups in total. The Morgan fingerprint density at radius 2 is 2.38 bits per heavy atom. The molecule has 0 aromatic carbocycles.